The SMILES string of the molecule is CC(O)CCCOCC1CCCCO1. The Labute approximate surface area is 86.4 Å². The van der Waals surface area contributed by atoms with Crippen LogP contribution >= 0.6 is 0 Å². The van der Waals surface area contributed by atoms with E-state index in [0.717, 1.165) is 39.1 Å². The van der Waals surface area contributed by atoms with Crippen molar-refractivity contribution in [2.75, 3.05) is 19.8 Å². The van der Waals surface area contributed by atoms with Crippen molar-refractivity contribution < 1.29 is 14.6 Å². The van der Waals surface area contributed by atoms with Gasteiger partial charge in [0.2, 0.25) is 0 Å². The molecule has 14 heavy (non-hydrogen) atoms. The second-order valence-electron chi connectivity index (χ2n) is 4.05. The summed E-state index contributed by atoms with van der Waals surface area (Å²) in [6.45, 7) is 4.16. The van der Waals surface area contributed by atoms with Crippen LogP contribution in [0.5, 0.6) is 0 Å². The zero-order chi connectivity index (χ0) is 10.2. The van der Waals surface area contributed by atoms with Gasteiger partial charge in [-0.2, -0.15) is 0 Å². The number of rotatable bonds is 6. The summed E-state index contributed by atoms with van der Waals surface area (Å²) in [5, 5.41) is 9.02. The van der Waals surface area contributed by atoms with E-state index in [1.165, 1.54) is 12.8 Å². The molecule has 0 aromatic heterocycles. The van der Waals surface area contributed by atoms with Crippen LogP contribution in [0.15, 0.2) is 0 Å². The first-order chi connectivity index (χ1) is 6.79. The average molecular weight is 202 g/mol. The van der Waals surface area contributed by atoms with E-state index in [1.807, 2.05) is 6.92 Å². The Bertz CT molecular complexity index is 130. The maximum absolute atomic E-state index is 9.02. The van der Waals surface area contributed by atoms with Crippen LogP contribution in [0.3, 0.4) is 0 Å². The predicted octanol–water partition coefficient (Wildman–Crippen LogP) is 1.73. The fourth-order valence-electron chi connectivity index (χ4n) is 1.63. The van der Waals surface area contributed by atoms with E-state index in [9.17, 15) is 0 Å². The van der Waals surface area contributed by atoms with Gasteiger partial charge in [-0.3, -0.25) is 0 Å². The maximum Gasteiger partial charge on any atom is 0.0808 e. The Balaban J connectivity index is 1.87. The fraction of sp³-hybridized carbons (Fsp3) is 1.00. The Morgan fingerprint density at radius 1 is 1.50 bits per heavy atom. The molecule has 0 aromatic rings. The molecule has 3 heteroatoms. The zero-order valence-electron chi connectivity index (χ0n) is 9.08. The molecule has 2 unspecified atom stereocenters. The molecule has 1 heterocycles. The summed E-state index contributed by atoms with van der Waals surface area (Å²) < 4.78 is 11.0. The first kappa shape index (κ1) is 12.0. The number of hydrogen-bond donors (Lipinski definition) is 1. The quantitative estimate of drug-likeness (QED) is 0.667. The van der Waals surface area contributed by atoms with E-state index in [0.29, 0.717) is 6.10 Å². The van der Waals surface area contributed by atoms with E-state index in [4.69, 9.17) is 14.6 Å². The molecule has 1 rings (SSSR count). The van der Waals surface area contributed by atoms with Crippen molar-refractivity contribution in [3.63, 3.8) is 0 Å². The molecule has 0 aliphatic carbocycles. The largest absolute Gasteiger partial charge is 0.393 e. The highest BCUT2D eigenvalue weighted by Crippen LogP contribution is 2.12. The van der Waals surface area contributed by atoms with Crippen molar-refractivity contribution in [3.05, 3.63) is 0 Å². The molecule has 0 aromatic carbocycles. The maximum atomic E-state index is 9.02. The van der Waals surface area contributed by atoms with E-state index in [-0.39, 0.29) is 6.10 Å². The molecule has 0 saturated carbocycles. The molecule has 1 aliphatic rings. The van der Waals surface area contributed by atoms with Crippen molar-refractivity contribution >= 4 is 0 Å². The smallest absolute Gasteiger partial charge is 0.0808 e. The van der Waals surface area contributed by atoms with Gasteiger partial charge in [0.25, 0.3) is 0 Å². The number of hydrogen-bond acceptors (Lipinski definition) is 3. The second kappa shape index (κ2) is 7.21. The minimum absolute atomic E-state index is 0.204. The zero-order valence-corrected chi connectivity index (χ0v) is 9.08. The number of aliphatic hydroxyl groups excluding tert-OH is 1. The lowest BCUT2D eigenvalue weighted by atomic mass is 10.1. The van der Waals surface area contributed by atoms with E-state index < -0.39 is 0 Å². The third-order valence-corrected chi connectivity index (χ3v) is 2.49. The predicted molar refractivity (Wildman–Crippen MR) is 55.3 cm³/mol. The van der Waals surface area contributed by atoms with Crippen molar-refractivity contribution in [1.82, 2.24) is 0 Å². The van der Waals surface area contributed by atoms with E-state index in [1.54, 1.807) is 0 Å². The van der Waals surface area contributed by atoms with Crippen molar-refractivity contribution in [2.24, 2.45) is 0 Å². The second-order valence-corrected chi connectivity index (χ2v) is 4.05. The lowest BCUT2D eigenvalue weighted by Gasteiger charge is -2.22. The van der Waals surface area contributed by atoms with Gasteiger partial charge in [0, 0.05) is 13.2 Å². The normalized spacial score (nSPS) is 24.9. The monoisotopic (exact) mass is 202 g/mol. The molecule has 1 N–H and O–H groups in total. The van der Waals surface area contributed by atoms with Gasteiger partial charge in [-0.1, -0.05) is 0 Å². The van der Waals surface area contributed by atoms with Crippen molar-refractivity contribution in [3.8, 4) is 0 Å². The standard InChI is InChI=1S/C11H22O3/c1-10(12)5-4-7-13-9-11-6-2-3-8-14-11/h10-12H,2-9H2,1H3. The molecule has 1 aliphatic heterocycles. The Kier molecular flexibility index (Phi) is 6.15. The summed E-state index contributed by atoms with van der Waals surface area (Å²) in [7, 11) is 0. The number of aliphatic hydroxyl groups is 1. The van der Waals surface area contributed by atoms with Crippen LogP contribution in [-0.2, 0) is 9.47 Å². The molecule has 0 amide bonds. The van der Waals surface area contributed by atoms with Crippen LogP contribution in [0, 0.1) is 0 Å². The van der Waals surface area contributed by atoms with Gasteiger partial charge < -0.3 is 14.6 Å². The van der Waals surface area contributed by atoms with Crippen LogP contribution in [0.2, 0.25) is 0 Å². The summed E-state index contributed by atoms with van der Waals surface area (Å²) in [6.07, 6.45) is 5.46. The van der Waals surface area contributed by atoms with Crippen LogP contribution in [0.1, 0.15) is 39.0 Å². The molecular formula is C11H22O3. The van der Waals surface area contributed by atoms with Gasteiger partial charge in [0.05, 0.1) is 18.8 Å². The molecule has 1 saturated heterocycles. The summed E-state index contributed by atoms with van der Waals surface area (Å²) >= 11 is 0. The van der Waals surface area contributed by atoms with E-state index >= 15 is 0 Å². The summed E-state index contributed by atoms with van der Waals surface area (Å²) in [4.78, 5) is 0. The van der Waals surface area contributed by atoms with Crippen LogP contribution in [0.25, 0.3) is 0 Å². The minimum Gasteiger partial charge on any atom is -0.393 e. The Morgan fingerprint density at radius 2 is 2.36 bits per heavy atom. The highest BCUT2D eigenvalue weighted by molar-refractivity contribution is 4.62. The molecule has 0 spiro atoms. The van der Waals surface area contributed by atoms with Gasteiger partial charge in [-0.25, -0.2) is 0 Å². The lowest BCUT2D eigenvalue weighted by Crippen LogP contribution is -2.24. The van der Waals surface area contributed by atoms with Gasteiger partial charge in [-0.15, -0.1) is 0 Å². The van der Waals surface area contributed by atoms with Crippen molar-refractivity contribution in [2.45, 2.75) is 51.2 Å². The molecule has 2 atom stereocenters. The molecule has 1 fully saturated rings. The fourth-order valence-corrected chi connectivity index (χ4v) is 1.63. The molecule has 0 bridgehead atoms. The molecular weight excluding hydrogens is 180 g/mol. The number of ether oxygens (including phenoxy) is 2. The van der Waals surface area contributed by atoms with Gasteiger partial charge in [0.1, 0.15) is 0 Å². The summed E-state index contributed by atoms with van der Waals surface area (Å²) in [6, 6.07) is 0. The highest BCUT2D eigenvalue weighted by Gasteiger charge is 2.13. The summed E-state index contributed by atoms with van der Waals surface area (Å²) in [5.74, 6) is 0. The lowest BCUT2D eigenvalue weighted by molar-refractivity contribution is -0.0418. The topological polar surface area (TPSA) is 38.7 Å². The first-order valence-corrected chi connectivity index (χ1v) is 5.66. The third-order valence-electron chi connectivity index (χ3n) is 2.49. The van der Waals surface area contributed by atoms with Gasteiger partial charge in [-0.05, 0) is 39.0 Å². The average Bonchev–Trinajstić information content (AvgIpc) is 2.18. The molecule has 84 valence electrons. The molecule has 0 radical (unpaired) electrons. The van der Waals surface area contributed by atoms with Crippen LogP contribution < -0.4 is 0 Å². The van der Waals surface area contributed by atoms with E-state index in [2.05, 4.69) is 0 Å². The third kappa shape index (κ3) is 5.58. The van der Waals surface area contributed by atoms with Gasteiger partial charge >= 0.3 is 0 Å². The highest BCUT2D eigenvalue weighted by atomic mass is 16.5. The van der Waals surface area contributed by atoms with Gasteiger partial charge in [0.15, 0.2) is 0 Å². The molecule has 3 nitrogen and oxygen atoms in total. The summed E-state index contributed by atoms with van der Waals surface area (Å²) in [5.41, 5.74) is 0. The van der Waals surface area contributed by atoms with Crippen LogP contribution in [0.4, 0.5) is 0 Å². The minimum atomic E-state index is -0.204. The Morgan fingerprint density at radius 3 is 3.00 bits per heavy atom. The van der Waals surface area contributed by atoms with Crippen LogP contribution in [-0.4, -0.2) is 37.1 Å². The Hall–Kier alpha value is -0.120. The first-order valence-electron chi connectivity index (χ1n) is 5.66. The van der Waals surface area contributed by atoms with Crippen molar-refractivity contribution in [1.29, 1.82) is 0 Å².